The number of ether oxygens (including phenoxy) is 1. The molecule has 2 heterocycles. The summed E-state index contributed by atoms with van der Waals surface area (Å²) in [6, 6.07) is 19.2. The average molecular weight is 477 g/mol. The van der Waals surface area contributed by atoms with Gasteiger partial charge in [0.1, 0.15) is 11.4 Å². The third-order valence-corrected chi connectivity index (χ3v) is 5.39. The second-order valence-corrected chi connectivity index (χ2v) is 7.95. The first-order valence-electron chi connectivity index (χ1n) is 9.70. The van der Waals surface area contributed by atoms with E-state index in [1.165, 1.54) is 0 Å². The normalized spacial score (nSPS) is 10.7. The minimum Gasteiger partial charge on any atom is -0.496 e. The van der Waals surface area contributed by atoms with Gasteiger partial charge in [-0.1, -0.05) is 34.1 Å². The number of amides is 1. The summed E-state index contributed by atoms with van der Waals surface area (Å²) in [5, 5.41) is 4.71. The van der Waals surface area contributed by atoms with E-state index in [1.54, 1.807) is 42.3 Å². The van der Waals surface area contributed by atoms with Crippen LogP contribution in [0.25, 0.3) is 16.9 Å². The number of hydrogen-bond donors (Lipinski definition) is 0. The highest BCUT2D eigenvalue weighted by Gasteiger charge is 2.22. The number of carbonyl (C=O) groups excluding carboxylic acids is 1. The van der Waals surface area contributed by atoms with Crippen LogP contribution in [0.15, 0.2) is 83.7 Å². The van der Waals surface area contributed by atoms with Crippen molar-refractivity contribution in [1.82, 2.24) is 19.7 Å². The van der Waals surface area contributed by atoms with Crippen LogP contribution >= 0.6 is 15.9 Å². The topological polar surface area (TPSA) is 60.2 Å². The third kappa shape index (κ3) is 4.51. The third-order valence-electron chi connectivity index (χ3n) is 4.90. The Morgan fingerprint density at radius 1 is 1.13 bits per heavy atom. The standard InChI is InChI=1S/C24H21BrN4O2/c1-28(15-18-13-19(25)10-11-22(18)31-2)24(30)21-16-29(20-8-4-3-5-9-20)27-23(21)17-7-6-12-26-14-17/h3-14,16H,15H2,1-2H3. The number of para-hydroxylation sites is 1. The fraction of sp³-hybridized carbons (Fsp3) is 0.125. The number of hydrogen-bond acceptors (Lipinski definition) is 4. The monoisotopic (exact) mass is 476 g/mol. The van der Waals surface area contributed by atoms with Gasteiger partial charge in [-0.05, 0) is 42.5 Å². The summed E-state index contributed by atoms with van der Waals surface area (Å²) in [5.41, 5.74) is 3.67. The lowest BCUT2D eigenvalue weighted by atomic mass is 10.1. The summed E-state index contributed by atoms with van der Waals surface area (Å²) in [4.78, 5) is 19.3. The minimum absolute atomic E-state index is 0.136. The van der Waals surface area contributed by atoms with Crippen molar-refractivity contribution < 1.29 is 9.53 Å². The second kappa shape index (κ2) is 9.14. The Bertz CT molecular complexity index is 1190. The molecule has 0 aliphatic rings. The van der Waals surface area contributed by atoms with Crippen molar-refractivity contribution >= 4 is 21.8 Å². The zero-order valence-electron chi connectivity index (χ0n) is 17.2. The highest BCUT2D eigenvalue weighted by Crippen LogP contribution is 2.27. The van der Waals surface area contributed by atoms with Gasteiger partial charge in [-0.15, -0.1) is 0 Å². The summed E-state index contributed by atoms with van der Waals surface area (Å²) >= 11 is 3.49. The molecule has 2 aromatic heterocycles. The molecule has 156 valence electrons. The summed E-state index contributed by atoms with van der Waals surface area (Å²) in [6.45, 7) is 0.393. The zero-order chi connectivity index (χ0) is 21.8. The first-order valence-corrected chi connectivity index (χ1v) is 10.5. The van der Waals surface area contributed by atoms with Gasteiger partial charge < -0.3 is 9.64 Å². The molecule has 0 saturated carbocycles. The van der Waals surface area contributed by atoms with Gasteiger partial charge in [0.2, 0.25) is 0 Å². The predicted molar refractivity (Wildman–Crippen MR) is 123 cm³/mol. The predicted octanol–water partition coefficient (Wildman–Crippen LogP) is 4.98. The summed E-state index contributed by atoms with van der Waals surface area (Å²) < 4.78 is 8.11. The van der Waals surface area contributed by atoms with Gasteiger partial charge in [0.15, 0.2) is 0 Å². The maximum absolute atomic E-state index is 13.5. The van der Waals surface area contributed by atoms with Crippen LogP contribution < -0.4 is 4.74 Å². The molecule has 31 heavy (non-hydrogen) atoms. The fourth-order valence-electron chi connectivity index (χ4n) is 3.36. The van der Waals surface area contributed by atoms with Crippen LogP contribution in [-0.4, -0.2) is 39.7 Å². The number of carbonyl (C=O) groups is 1. The molecule has 0 unspecified atom stereocenters. The Hall–Kier alpha value is -3.45. The number of methoxy groups -OCH3 is 1. The maximum atomic E-state index is 13.5. The van der Waals surface area contributed by atoms with E-state index in [9.17, 15) is 4.79 Å². The van der Waals surface area contributed by atoms with Crippen LogP contribution in [-0.2, 0) is 6.54 Å². The molecule has 0 spiro atoms. The van der Waals surface area contributed by atoms with Gasteiger partial charge in [0.05, 0.1) is 18.4 Å². The molecule has 0 bridgehead atoms. The lowest BCUT2D eigenvalue weighted by Crippen LogP contribution is -2.26. The van der Waals surface area contributed by atoms with Crippen molar-refractivity contribution in [2.45, 2.75) is 6.54 Å². The van der Waals surface area contributed by atoms with Gasteiger partial charge in [-0.25, -0.2) is 4.68 Å². The van der Waals surface area contributed by atoms with E-state index in [0.29, 0.717) is 17.8 Å². The Morgan fingerprint density at radius 2 is 1.94 bits per heavy atom. The zero-order valence-corrected chi connectivity index (χ0v) is 18.8. The molecule has 0 fully saturated rings. The van der Waals surface area contributed by atoms with Crippen molar-refractivity contribution in [1.29, 1.82) is 0 Å². The number of rotatable bonds is 6. The van der Waals surface area contributed by atoms with Gasteiger partial charge in [0.25, 0.3) is 5.91 Å². The van der Waals surface area contributed by atoms with E-state index in [0.717, 1.165) is 27.0 Å². The van der Waals surface area contributed by atoms with Crippen LogP contribution in [0.2, 0.25) is 0 Å². The molecule has 0 atom stereocenters. The van der Waals surface area contributed by atoms with E-state index in [-0.39, 0.29) is 5.91 Å². The Balaban J connectivity index is 1.71. The van der Waals surface area contributed by atoms with E-state index >= 15 is 0 Å². The second-order valence-electron chi connectivity index (χ2n) is 7.03. The lowest BCUT2D eigenvalue weighted by Gasteiger charge is -2.19. The van der Waals surface area contributed by atoms with Crippen molar-refractivity contribution in [2.24, 2.45) is 0 Å². The average Bonchev–Trinajstić information content (AvgIpc) is 3.25. The summed E-state index contributed by atoms with van der Waals surface area (Å²) in [6.07, 6.45) is 5.19. The largest absolute Gasteiger partial charge is 0.496 e. The minimum atomic E-state index is -0.136. The summed E-state index contributed by atoms with van der Waals surface area (Å²) in [7, 11) is 3.40. The number of nitrogens with zero attached hydrogens (tertiary/aromatic N) is 4. The molecular formula is C24H21BrN4O2. The van der Waals surface area contributed by atoms with Gasteiger partial charge in [-0.3, -0.25) is 9.78 Å². The van der Waals surface area contributed by atoms with Crippen LogP contribution in [0.1, 0.15) is 15.9 Å². The molecular weight excluding hydrogens is 456 g/mol. The van der Waals surface area contributed by atoms with E-state index in [1.807, 2.05) is 60.7 Å². The fourth-order valence-corrected chi connectivity index (χ4v) is 3.77. The Morgan fingerprint density at radius 3 is 2.65 bits per heavy atom. The van der Waals surface area contributed by atoms with Crippen LogP contribution in [0, 0.1) is 0 Å². The molecule has 4 aromatic rings. The van der Waals surface area contributed by atoms with Crippen molar-refractivity contribution in [3.05, 3.63) is 94.9 Å². The molecule has 0 saturated heterocycles. The molecule has 4 rings (SSSR count). The first kappa shape index (κ1) is 20.8. The number of benzene rings is 2. The number of halogens is 1. The van der Waals surface area contributed by atoms with Crippen molar-refractivity contribution in [3.63, 3.8) is 0 Å². The SMILES string of the molecule is COc1ccc(Br)cc1CN(C)C(=O)c1cn(-c2ccccc2)nc1-c1cccnc1. The molecule has 0 aliphatic heterocycles. The Kier molecular flexibility index (Phi) is 6.13. The van der Waals surface area contributed by atoms with E-state index in [4.69, 9.17) is 9.84 Å². The highest BCUT2D eigenvalue weighted by atomic mass is 79.9. The van der Waals surface area contributed by atoms with Gasteiger partial charge in [-0.2, -0.15) is 5.10 Å². The molecule has 0 aliphatic carbocycles. The van der Waals surface area contributed by atoms with Crippen LogP contribution in [0.4, 0.5) is 0 Å². The Labute approximate surface area is 189 Å². The number of pyridine rings is 1. The lowest BCUT2D eigenvalue weighted by molar-refractivity contribution is 0.0785. The van der Waals surface area contributed by atoms with Crippen LogP contribution in [0.3, 0.4) is 0 Å². The van der Waals surface area contributed by atoms with Crippen LogP contribution in [0.5, 0.6) is 5.75 Å². The first-order chi connectivity index (χ1) is 15.1. The molecule has 7 heteroatoms. The molecule has 1 amide bonds. The molecule has 0 radical (unpaired) electrons. The molecule has 2 aromatic carbocycles. The van der Waals surface area contributed by atoms with E-state index < -0.39 is 0 Å². The van der Waals surface area contributed by atoms with Crippen molar-refractivity contribution in [2.75, 3.05) is 14.2 Å². The quantitative estimate of drug-likeness (QED) is 0.393. The summed E-state index contributed by atoms with van der Waals surface area (Å²) in [5.74, 6) is 0.596. The number of aromatic nitrogens is 3. The van der Waals surface area contributed by atoms with E-state index in [2.05, 4.69) is 20.9 Å². The maximum Gasteiger partial charge on any atom is 0.257 e. The highest BCUT2D eigenvalue weighted by molar-refractivity contribution is 9.10. The van der Waals surface area contributed by atoms with Crippen molar-refractivity contribution in [3.8, 4) is 22.7 Å². The van der Waals surface area contributed by atoms with Gasteiger partial charge in [0, 0.05) is 47.8 Å². The molecule has 0 N–H and O–H groups in total. The molecule has 6 nitrogen and oxygen atoms in total. The smallest absolute Gasteiger partial charge is 0.257 e. The van der Waals surface area contributed by atoms with Gasteiger partial charge >= 0.3 is 0 Å².